The van der Waals surface area contributed by atoms with Crippen LogP contribution in [0.5, 0.6) is 0 Å². The highest BCUT2D eigenvalue weighted by Gasteiger charge is 2.10. The normalized spacial score (nSPS) is 13.2. The Hall–Kier alpha value is -2.10. The van der Waals surface area contributed by atoms with Gasteiger partial charge in [0.15, 0.2) is 0 Å². The molecule has 2 heterocycles. The van der Waals surface area contributed by atoms with Gasteiger partial charge in [-0.3, -0.25) is 14.3 Å². The van der Waals surface area contributed by atoms with Crippen LogP contribution in [0.4, 0.5) is 5.69 Å². The fourth-order valence-electron chi connectivity index (χ4n) is 2.00. The van der Waals surface area contributed by atoms with Crippen molar-refractivity contribution in [3.63, 3.8) is 0 Å². The molecule has 1 aliphatic heterocycles. The number of nitrogens with zero attached hydrogens (tertiary/aromatic N) is 2. The van der Waals surface area contributed by atoms with E-state index in [-0.39, 0.29) is 5.56 Å². The van der Waals surface area contributed by atoms with Crippen LogP contribution in [-0.2, 0) is 6.42 Å². The summed E-state index contributed by atoms with van der Waals surface area (Å²) in [5, 5.41) is 3.29. The van der Waals surface area contributed by atoms with Gasteiger partial charge < -0.3 is 5.32 Å². The average molecular weight is 213 g/mol. The zero-order valence-electron chi connectivity index (χ0n) is 8.68. The van der Waals surface area contributed by atoms with Crippen molar-refractivity contribution in [1.29, 1.82) is 0 Å². The van der Waals surface area contributed by atoms with Gasteiger partial charge in [0.05, 0.1) is 6.20 Å². The predicted octanol–water partition coefficient (Wildman–Crippen LogP) is 1.20. The maximum absolute atomic E-state index is 11.6. The topological polar surface area (TPSA) is 46.9 Å². The summed E-state index contributed by atoms with van der Waals surface area (Å²) < 4.78 is 1.60. The van der Waals surface area contributed by atoms with Gasteiger partial charge in [-0.2, -0.15) is 0 Å². The van der Waals surface area contributed by atoms with Crippen LogP contribution in [0.15, 0.2) is 41.6 Å². The second kappa shape index (κ2) is 3.48. The molecule has 0 saturated carbocycles. The lowest BCUT2D eigenvalue weighted by Gasteiger charge is -2.06. The number of rotatable bonds is 1. The first-order valence-corrected chi connectivity index (χ1v) is 5.24. The smallest absolute Gasteiger partial charge is 0.273 e. The van der Waals surface area contributed by atoms with E-state index in [9.17, 15) is 4.79 Å². The minimum absolute atomic E-state index is 0.103. The molecule has 0 saturated heterocycles. The van der Waals surface area contributed by atoms with Gasteiger partial charge in [0, 0.05) is 30.3 Å². The highest BCUT2D eigenvalue weighted by molar-refractivity contribution is 5.59. The lowest BCUT2D eigenvalue weighted by Crippen LogP contribution is -2.16. The van der Waals surface area contributed by atoms with E-state index in [4.69, 9.17) is 0 Å². The van der Waals surface area contributed by atoms with Gasteiger partial charge in [0.1, 0.15) is 0 Å². The summed E-state index contributed by atoms with van der Waals surface area (Å²) in [7, 11) is 0. The quantitative estimate of drug-likeness (QED) is 0.774. The molecule has 2 aromatic rings. The molecule has 0 amide bonds. The zero-order valence-corrected chi connectivity index (χ0v) is 8.68. The Balaban J connectivity index is 2.15. The molecular weight excluding hydrogens is 202 g/mol. The minimum atomic E-state index is -0.103. The van der Waals surface area contributed by atoms with Crippen LogP contribution in [0.1, 0.15) is 5.56 Å². The van der Waals surface area contributed by atoms with Crippen molar-refractivity contribution in [2.75, 3.05) is 11.9 Å². The molecule has 0 atom stereocenters. The predicted molar refractivity (Wildman–Crippen MR) is 62.0 cm³/mol. The number of anilines is 1. The van der Waals surface area contributed by atoms with Crippen LogP contribution in [0.3, 0.4) is 0 Å². The number of benzene rings is 1. The fourth-order valence-corrected chi connectivity index (χ4v) is 2.00. The number of fused-ring (bicyclic) bond motifs is 1. The molecule has 0 unspecified atom stereocenters. The Morgan fingerprint density at radius 1 is 1.38 bits per heavy atom. The van der Waals surface area contributed by atoms with Crippen molar-refractivity contribution in [2.24, 2.45) is 0 Å². The van der Waals surface area contributed by atoms with Crippen molar-refractivity contribution >= 4 is 5.69 Å². The van der Waals surface area contributed by atoms with Crippen molar-refractivity contribution < 1.29 is 0 Å². The molecule has 1 aliphatic rings. The summed E-state index contributed by atoms with van der Waals surface area (Å²) in [6.45, 7) is 0.976. The lowest BCUT2D eigenvalue weighted by atomic mass is 10.1. The molecule has 4 nitrogen and oxygen atoms in total. The van der Waals surface area contributed by atoms with E-state index < -0.39 is 0 Å². The Morgan fingerprint density at radius 2 is 2.31 bits per heavy atom. The standard InChI is InChI=1S/C12H11N3O/c16-12-8-13-5-6-15(12)10-1-2-11-9(7-10)3-4-14-11/h1-2,5-8,14H,3-4H2. The first-order chi connectivity index (χ1) is 7.84. The minimum Gasteiger partial charge on any atom is -0.384 e. The van der Waals surface area contributed by atoms with E-state index in [0.717, 1.165) is 18.7 Å². The molecule has 1 N–H and O–H groups in total. The molecular formula is C12H11N3O. The molecule has 80 valence electrons. The van der Waals surface area contributed by atoms with E-state index in [0.29, 0.717) is 0 Å². The van der Waals surface area contributed by atoms with E-state index in [1.165, 1.54) is 17.4 Å². The van der Waals surface area contributed by atoms with Gasteiger partial charge >= 0.3 is 0 Å². The molecule has 16 heavy (non-hydrogen) atoms. The summed E-state index contributed by atoms with van der Waals surface area (Å²) in [6, 6.07) is 6.01. The molecule has 1 aromatic heterocycles. The number of hydrogen-bond acceptors (Lipinski definition) is 3. The molecule has 1 aromatic carbocycles. The summed E-state index contributed by atoms with van der Waals surface area (Å²) in [6.07, 6.45) is 5.65. The molecule has 0 bridgehead atoms. The Labute approximate surface area is 92.6 Å². The van der Waals surface area contributed by atoms with Crippen LogP contribution in [0.2, 0.25) is 0 Å². The number of aromatic nitrogens is 2. The monoisotopic (exact) mass is 213 g/mol. The molecule has 0 spiro atoms. The van der Waals surface area contributed by atoms with Crippen LogP contribution in [0.25, 0.3) is 5.69 Å². The molecule has 3 rings (SSSR count). The maximum atomic E-state index is 11.6. The average Bonchev–Trinajstić information content (AvgIpc) is 2.76. The third kappa shape index (κ3) is 1.39. The second-order valence-corrected chi connectivity index (χ2v) is 3.80. The summed E-state index contributed by atoms with van der Waals surface area (Å²) in [5.74, 6) is 0. The van der Waals surface area contributed by atoms with Crippen LogP contribution in [-0.4, -0.2) is 16.1 Å². The van der Waals surface area contributed by atoms with Crippen molar-refractivity contribution in [3.8, 4) is 5.69 Å². The lowest BCUT2D eigenvalue weighted by molar-refractivity contribution is 0.953. The van der Waals surface area contributed by atoms with Gasteiger partial charge in [-0.1, -0.05) is 0 Å². The summed E-state index contributed by atoms with van der Waals surface area (Å²) in [5.41, 5.74) is 3.23. The van der Waals surface area contributed by atoms with E-state index in [1.807, 2.05) is 12.1 Å². The summed E-state index contributed by atoms with van der Waals surface area (Å²) >= 11 is 0. The van der Waals surface area contributed by atoms with E-state index >= 15 is 0 Å². The van der Waals surface area contributed by atoms with Crippen LogP contribution < -0.4 is 10.9 Å². The Bertz CT molecular complexity index is 589. The van der Waals surface area contributed by atoms with Gasteiger partial charge in [-0.05, 0) is 30.2 Å². The Morgan fingerprint density at radius 3 is 3.19 bits per heavy atom. The largest absolute Gasteiger partial charge is 0.384 e. The number of nitrogens with one attached hydrogen (secondary N) is 1. The molecule has 0 aliphatic carbocycles. The van der Waals surface area contributed by atoms with Gasteiger partial charge in [0.25, 0.3) is 5.56 Å². The highest BCUT2D eigenvalue weighted by Crippen LogP contribution is 2.23. The van der Waals surface area contributed by atoms with Crippen LogP contribution >= 0.6 is 0 Å². The molecule has 0 radical (unpaired) electrons. The van der Waals surface area contributed by atoms with Gasteiger partial charge in [-0.15, -0.1) is 0 Å². The fraction of sp³-hybridized carbons (Fsp3) is 0.167. The van der Waals surface area contributed by atoms with Crippen molar-refractivity contribution in [1.82, 2.24) is 9.55 Å². The van der Waals surface area contributed by atoms with Gasteiger partial charge in [-0.25, -0.2) is 0 Å². The number of hydrogen-bond donors (Lipinski definition) is 1. The van der Waals surface area contributed by atoms with Crippen molar-refractivity contribution in [2.45, 2.75) is 6.42 Å². The Kier molecular flexibility index (Phi) is 1.99. The van der Waals surface area contributed by atoms with E-state index in [2.05, 4.69) is 16.4 Å². The van der Waals surface area contributed by atoms with E-state index in [1.54, 1.807) is 17.0 Å². The van der Waals surface area contributed by atoms with Crippen molar-refractivity contribution in [3.05, 3.63) is 52.7 Å². The zero-order chi connectivity index (χ0) is 11.0. The second-order valence-electron chi connectivity index (χ2n) is 3.80. The summed E-state index contributed by atoms with van der Waals surface area (Å²) in [4.78, 5) is 15.4. The first-order valence-electron chi connectivity index (χ1n) is 5.24. The maximum Gasteiger partial charge on any atom is 0.273 e. The molecule has 4 heteroatoms. The SMILES string of the molecule is O=c1cnccn1-c1ccc2c(c1)CCN2. The third-order valence-electron chi connectivity index (χ3n) is 2.80. The molecule has 0 fully saturated rings. The van der Waals surface area contributed by atoms with Gasteiger partial charge in [0.2, 0.25) is 0 Å². The highest BCUT2D eigenvalue weighted by atomic mass is 16.1. The van der Waals surface area contributed by atoms with Crippen LogP contribution in [0, 0.1) is 0 Å². The first kappa shape index (κ1) is 9.15. The third-order valence-corrected chi connectivity index (χ3v) is 2.80.